The average molecular weight is 325 g/mol. The summed E-state index contributed by atoms with van der Waals surface area (Å²) in [6.07, 6.45) is -1.49. The van der Waals surface area contributed by atoms with Crippen LogP contribution >= 0.6 is 0 Å². The van der Waals surface area contributed by atoms with Crippen LogP contribution in [0.25, 0.3) is 0 Å². The van der Waals surface area contributed by atoms with Crippen molar-refractivity contribution < 1.29 is 23.1 Å². The van der Waals surface area contributed by atoms with E-state index in [1.807, 2.05) is 0 Å². The topological polar surface area (TPSA) is 87.4 Å². The minimum Gasteiger partial charge on any atom is -0.444 e. The summed E-state index contributed by atoms with van der Waals surface area (Å²) in [5.41, 5.74) is 0.249. The molecule has 1 aromatic heterocycles. The zero-order chi connectivity index (χ0) is 17.0. The van der Waals surface area contributed by atoms with E-state index in [-0.39, 0.29) is 13.1 Å². The van der Waals surface area contributed by atoms with Crippen molar-refractivity contribution in [1.82, 2.24) is 15.6 Å². The molecule has 2 amide bonds. The van der Waals surface area contributed by atoms with Crippen molar-refractivity contribution >= 4 is 6.03 Å². The van der Waals surface area contributed by atoms with Gasteiger partial charge in [0.2, 0.25) is 5.89 Å². The molecular formula is C15H17F2N3O3. The van der Waals surface area contributed by atoms with E-state index in [9.17, 15) is 18.7 Å². The van der Waals surface area contributed by atoms with Gasteiger partial charge in [0.15, 0.2) is 0 Å². The van der Waals surface area contributed by atoms with E-state index >= 15 is 0 Å². The molecule has 6 nitrogen and oxygen atoms in total. The third kappa shape index (κ3) is 4.26. The Hall–Kier alpha value is -2.48. The fraction of sp³-hybridized carbons (Fsp3) is 0.333. The van der Waals surface area contributed by atoms with Gasteiger partial charge in [-0.05, 0) is 26.0 Å². The fourth-order valence-corrected chi connectivity index (χ4v) is 1.95. The highest BCUT2D eigenvalue weighted by atomic mass is 19.1. The summed E-state index contributed by atoms with van der Waals surface area (Å²) in [5, 5.41) is 14.6. The number of urea groups is 1. The van der Waals surface area contributed by atoms with E-state index in [0.29, 0.717) is 11.7 Å². The third-order valence-electron chi connectivity index (χ3n) is 3.26. The number of aliphatic hydroxyl groups excluding tert-OH is 1. The molecule has 2 rings (SSSR count). The molecule has 0 radical (unpaired) electrons. The van der Waals surface area contributed by atoms with Crippen molar-refractivity contribution in [3.63, 3.8) is 0 Å². The number of hydrogen-bond acceptors (Lipinski definition) is 4. The average Bonchev–Trinajstić information content (AvgIpc) is 2.81. The van der Waals surface area contributed by atoms with Gasteiger partial charge in [-0.2, -0.15) is 0 Å². The lowest BCUT2D eigenvalue weighted by Crippen LogP contribution is -2.37. The largest absolute Gasteiger partial charge is 0.444 e. The van der Waals surface area contributed by atoms with Crippen LogP contribution in [0.15, 0.2) is 22.6 Å². The van der Waals surface area contributed by atoms with Gasteiger partial charge in [-0.15, -0.1) is 0 Å². The van der Waals surface area contributed by atoms with Crippen LogP contribution in [-0.2, 0) is 6.54 Å². The second-order valence-electron chi connectivity index (χ2n) is 4.96. The lowest BCUT2D eigenvalue weighted by molar-refractivity contribution is 0.164. The van der Waals surface area contributed by atoms with Gasteiger partial charge >= 0.3 is 6.03 Å². The highest BCUT2D eigenvalue weighted by Gasteiger charge is 2.18. The maximum atomic E-state index is 13.5. The lowest BCUT2D eigenvalue weighted by atomic mass is 10.1. The summed E-state index contributed by atoms with van der Waals surface area (Å²) >= 11 is 0. The van der Waals surface area contributed by atoms with Crippen molar-refractivity contribution in [3.05, 3.63) is 52.7 Å². The Kier molecular flexibility index (Phi) is 5.28. The molecule has 3 N–H and O–H groups in total. The highest BCUT2D eigenvalue weighted by Crippen LogP contribution is 2.19. The molecule has 124 valence electrons. The number of nitrogens with one attached hydrogen (secondary N) is 2. The van der Waals surface area contributed by atoms with Crippen LogP contribution < -0.4 is 10.6 Å². The maximum Gasteiger partial charge on any atom is 0.315 e. The zero-order valence-electron chi connectivity index (χ0n) is 12.7. The second-order valence-corrected chi connectivity index (χ2v) is 4.96. The molecule has 0 aliphatic heterocycles. The molecule has 2 aromatic rings. The van der Waals surface area contributed by atoms with Gasteiger partial charge in [0, 0.05) is 6.54 Å². The molecule has 0 saturated heterocycles. The zero-order valence-corrected chi connectivity index (χ0v) is 12.7. The Labute approximate surface area is 131 Å². The minimum atomic E-state index is -1.49. The number of aromatic nitrogens is 1. The monoisotopic (exact) mass is 325 g/mol. The number of oxazole rings is 1. The van der Waals surface area contributed by atoms with Crippen LogP contribution in [0.4, 0.5) is 13.6 Å². The van der Waals surface area contributed by atoms with E-state index in [2.05, 4.69) is 15.6 Å². The molecule has 0 aliphatic rings. The molecule has 0 bridgehead atoms. The molecule has 8 heteroatoms. The first-order valence-corrected chi connectivity index (χ1v) is 6.95. The van der Waals surface area contributed by atoms with E-state index in [0.717, 1.165) is 17.8 Å². The normalized spacial score (nSPS) is 12.0. The van der Waals surface area contributed by atoms with E-state index in [1.54, 1.807) is 13.8 Å². The van der Waals surface area contributed by atoms with Crippen LogP contribution in [0.2, 0.25) is 0 Å². The first-order chi connectivity index (χ1) is 10.9. The number of aryl methyl sites for hydroxylation is 2. The fourth-order valence-electron chi connectivity index (χ4n) is 1.95. The second kappa shape index (κ2) is 7.19. The van der Waals surface area contributed by atoms with Gasteiger partial charge in [0.25, 0.3) is 0 Å². The number of carbonyl (C=O) groups excluding carboxylic acids is 1. The first-order valence-electron chi connectivity index (χ1n) is 6.95. The first kappa shape index (κ1) is 16.9. The Morgan fingerprint density at radius 1 is 1.30 bits per heavy atom. The number of rotatable bonds is 5. The Bertz CT molecular complexity index is 664. The van der Waals surface area contributed by atoms with Gasteiger partial charge in [-0.3, -0.25) is 0 Å². The molecular weight excluding hydrogens is 308 g/mol. The van der Waals surface area contributed by atoms with Gasteiger partial charge in [-0.25, -0.2) is 18.6 Å². The Balaban J connectivity index is 1.84. The van der Waals surface area contributed by atoms with Gasteiger partial charge in [-0.1, -0.05) is 6.07 Å². The van der Waals surface area contributed by atoms with Crippen LogP contribution in [0.5, 0.6) is 0 Å². The number of hydrogen-bond donors (Lipinski definition) is 3. The summed E-state index contributed by atoms with van der Waals surface area (Å²) in [6, 6.07) is 2.65. The number of amides is 2. The number of aliphatic hydroxyl groups is 1. The van der Waals surface area contributed by atoms with Crippen molar-refractivity contribution in [3.8, 4) is 0 Å². The van der Waals surface area contributed by atoms with Crippen molar-refractivity contribution in [1.29, 1.82) is 0 Å². The van der Waals surface area contributed by atoms with Crippen LogP contribution in [0.1, 0.15) is 29.0 Å². The highest BCUT2D eigenvalue weighted by molar-refractivity contribution is 5.73. The molecule has 1 atom stereocenters. The van der Waals surface area contributed by atoms with Crippen molar-refractivity contribution in [2.75, 3.05) is 6.54 Å². The van der Waals surface area contributed by atoms with E-state index in [4.69, 9.17) is 4.42 Å². The van der Waals surface area contributed by atoms with Crippen molar-refractivity contribution in [2.24, 2.45) is 0 Å². The minimum absolute atomic E-state index is 0.0602. The number of carbonyl (C=O) groups is 1. The predicted octanol–water partition coefficient (Wildman–Crippen LogP) is 2.10. The van der Waals surface area contributed by atoms with Crippen molar-refractivity contribution in [2.45, 2.75) is 26.5 Å². The molecule has 1 heterocycles. The number of halogens is 2. The van der Waals surface area contributed by atoms with Crippen LogP contribution in [-0.4, -0.2) is 22.7 Å². The molecule has 0 fully saturated rings. The Morgan fingerprint density at radius 3 is 2.52 bits per heavy atom. The third-order valence-corrected chi connectivity index (χ3v) is 3.26. The molecule has 0 spiro atoms. The molecule has 23 heavy (non-hydrogen) atoms. The maximum absolute atomic E-state index is 13.5. The summed E-state index contributed by atoms with van der Waals surface area (Å²) in [7, 11) is 0. The summed E-state index contributed by atoms with van der Waals surface area (Å²) in [6.45, 7) is 3.25. The number of nitrogens with zero attached hydrogens (tertiary/aromatic N) is 1. The predicted molar refractivity (Wildman–Crippen MR) is 77.5 cm³/mol. The quantitative estimate of drug-likeness (QED) is 0.786. The number of benzene rings is 1. The van der Waals surface area contributed by atoms with E-state index < -0.39 is 29.3 Å². The smallest absolute Gasteiger partial charge is 0.315 e. The standard InChI is InChI=1S/C15H17F2N3O3/c1-8-9(2)23-13(20-8)7-19-15(22)18-6-12(21)14-10(16)4-3-5-11(14)17/h3-5,12,21H,6-7H2,1-2H3,(H2,18,19,22). The van der Waals surface area contributed by atoms with Crippen LogP contribution in [0, 0.1) is 25.5 Å². The summed E-state index contributed by atoms with van der Waals surface area (Å²) < 4.78 is 32.3. The Morgan fingerprint density at radius 2 is 1.96 bits per heavy atom. The summed E-state index contributed by atoms with van der Waals surface area (Å²) in [5.74, 6) is -0.737. The lowest BCUT2D eigenvalue weighted by Gasteiger charge is -2.14. The van der Waals surface area contributed by atoms with Gasteiger partial charge in [0.1, 0.15) is 23.5 Å². The molecule has 1 aromatic carbocycles. The summed E-state index contributed by atoms with van der Waals surface area (Å²) in [4.78, 5) is 15.7. The molecule has 0 saturated carbocycles. The van der Waals surface area contributed by atoms with E-state index in [1.165, 1.54) is 6.07 Å². The van der Waals surface area contributed by atoms with Gasteiger partial charge in [0.05, 0.1) is 17.8 Å². The van der Waals surface area contributed by atoms with Gasteiger partial charge < -0.3 is 20.2 Å². The molecule has 1 unspecified atom stereocenters. The van der Waals surface area contributed by atoms with Crippen LogP contribution in [0.3, 0.4) is 0 Å². The SMILES string of the molecule is Cc1nc(CNC(=O)NCC(O)c2c(F)cccc2F)oc1C. The molecule has 0 aliphatic carbocycles.